The molecule has 0 saturated carbocycles. The van der Waals surface area contributed by atoms with Gasteiger partial charge in [0.1, 0.15) is 11.4 Å². The number of sulfonamides is 1. The molecule has 0 aromatic heterocycles. The van der Waals surface area contributed by atoms with Crippen molar-refractivity contribution in [2.45, 2.75) is 23.8 Å². The van der Waals surface area contributed by atoms with Crippen LogP contribution in [0.15, 0.2) is 58.5 Å². The van der Waals surface area contributed by atoms with E-state index in [0.717, 1.165) is 11.3 Å². The Morgan fingerprint density at radius 2 is 1.92 bits per heavy atom. The summed E-state index contributed by atoms with van der Waals surface area (Å²) in [5.41, 5.74) is 0.921. The van der Waals surface area contributed by atoms with Gasteiger partial charge in [-0.05, 0) is 37.3 Å². The average molecular weight is 359 g/mol. The smallest absolute Gasteiger partial charge is 0.261 e. The highest BCUT2D eigenvalue weighted by atomic mass is 32.2. The second-order valence-corrected chi connectivity index (χ2v) is 8.11. The zero-order chi connectivity index (χ0) is 18.1. The van der Waals surface area contributed by atoms with Crippen LogP contribution in [0.25, 0.3) is 0 Å². The van der Waals surface area contributed by atoms with Crippen molar-refractivity contribution in [2.24, 2.45) is 5.10 Å². The molecule has 0 amide bonds. The van der Waals surface area contributed by atoms with Crippen molar-refractivity contribution in [1.29, 1.82) is 0 Å². The van der Waals surface area contributed by atoms with E-state index in [0.29, 0.717) is 12.1 Å². The van der Waals surface area contributed by atoms with E-state index in [1.807, 2.05) is 27.1 Å². The van der Waals surface area contributed by atoms with Crippen molar-refractivity contribution in [2.75, 3.05) is 18.8 Å². The normalized spacial score (nSPS) is 19.5. The predicted octanol–water partition coefficient (Wildman–Crippen LogP) is 2.73. The summed E-state index contributed by atoms with van der Waals surface area (Å²) in [6.07, 6.45) is 2.39. The van der Waals surface area contributed by atoms with E-state index >= 15 is 0 Å². The number of fused-ring (bicyclic) bond motifs is 1. The molecule has 0 bridgehead atoms. The first-order valence-corrected chi connectivity index (χ1v) is 9.38. The zero-order valence-electron chi connectivity index (χ0n) is 14.4. The van der Waals surface area contributed by atoms with Crippen molar-refractivity contribution in [3.8, 4) is 5.75 Å². The summed E-state index contributed by atoms with van der Waals surface area (Å²) in [5, 5.41) is 5.96. The van der Waals surface area contributed by atoms with Crippen LogP contribution in [0, 0.1) is 0 Å². The van der Waals surface area contributed by atoms with Crippen molar-refractivity contribution < 1.29 is 13.2 Å². The Hall–Kier alpha value is -2.54. The van der Waals surface area contributed by atoms with Crippen LogP contribution in [-0.4, -0.2) is 39.3 Å². The van der Waals surface area contributed by atoms with Crippen LogP contribution in [0.4, 0.5) is 5.69 Å². The van der Waals surface area contributed by atoms with Gasteiger partial charge in [0, 0.05) is 31.8 Å². The Morgan fingerprint density at radius 1 is 1.20 bits per heavy atom. The molecule has 3 rings (SSSR count). The lowest BCUT2D eigenvalue weighted by Gasteiger charge is -2.19. The Bertz CT molecular complexity index is 895. The SMILES string of the molecule is CN(C)/N=C/C1(C)Cc2cc(NS(=O)(=O)c3ccccc3)ccc2O1. The Morgan fingerprint density at radius 3 is 2.60 bits per heavy atom. The highest BCUT2D eigenvalue weighted by Gasteiger charge is 2.33. The molecule has 1 unspecified atom stereocenters. The molecular weight excluding hydrogens is 338 g/mol. The van der Waals surface area contributed by atoms with Gasteiger partial charge in [-0.1, -0.05) is 18.2 Å². The fourth-order valence-corrected chi connectivity index (χ4v) is 3.74. The topological polar surface area (TPSA) is 71.0 Å². The maximum Gasteiger partial charge on any atom is 0.261 e. The third-order valence-corrected chi connectivity index (χ3v) is 5.21. The number of rotatable bonds is 5. The van der Waals surface area contributed by atoms with Crippen LogP contribution in [0.2, 0.25) is 0 Å². The summed E-state index contributed by atoms with van der Waals surface area (Å²) in [6, 6.07) is 13.6. The average Bonchev–Trinajstić information content (AvgIpc) is 2.89. The molecule has 1 atom stereocenters. The lowest BCUT2D eigenvalue weighted by Crippen LogP contribution is -2.32. The summed E-state index contributed by atoms with van der Waals surface area (Å²) in [4.78, 5) is 0.231. The van der Waals surface area contributed by atoms with Crippen LogP contribution in [-0.2, 0) is 16.4 Å². The quantitative estimate of drug-likeness (QED) is 0.658. The van der Waals surface area contributed by atoms with E-state index in [2.05, 4.69) is 9.82 Å². The minimum Gasteiger partial charge on any atom is -0.481 e. The zero-order valence-corrected chi connectivity index (χ0v) is 15.2. The molecule has 7 heteroatoms. The number of nitrogens with zero attached hydrogens (tertiary/aromatic N) is 2. The molecule has 1 N–H and O–H groups in total. The number of nitrogens with one attached hydrogen (secondary N) is 1. The van der Waals surface area contributed by atoms with E-state index < -0.39 is 15.6 Å². The summed E-state index contributed by atoms with van der Waals surface area (Å²) in [5.74, 6) is 0.746. The molecule has 0 radical (unpaired) electrons. The molecule has 1 heterocycles. The first kappa shape index (κ1) is 17.3. The number of benzene rings is 2. The molecule has 0 spiro atoms. The monoisotopic (exact) mass is 359 g/mol. The number of ether oxygens (including phenoxy) is 1. The molecule has 1 aliphatic heterocycles. The lowest BCUT2D eigenvalue weighted by atomic mass is 10.0. The lowest BCUT2D eigenvalue weighted by molar-refractivity contribution is 0.195. The molecule has 1 aliphatic rings. The summed E-state index contributed by atoms with van der Waals surface area (Å²) >= 11 is 0. The van der Waals surface area contributed by atoms with Crippen LogP contribution < -0.4 is 9.46 Å². The van der Waals surface area contributed by atoms with Gasteiger partial charge in [0.2, 0.25) is 0 Å². The largest absolute Gasteiger partial charge is 0.481 e. The minimum absolute atomic E-state index is 0.231. The van der Waals surface area contributed by atoms with Crippen molar-refractivity contribution >= 4 is 21.9 Å². The van der Waals surface area contributed by atoms with Gasteiger partial charge in [-0.15, -0.1) is 0 Å². The van der Waals surface area contributed by atoms with E-state index in [1.54, 1.807) is 53.7 Å². The van der Waals surface area contributed by atoms with Crippen LogP contribution in [0.5, 0.6) is 5.75 Å². The Kier molecular flexibility index (Phi) is 4.43. The predicted molar refractivity (Wildman–Crippen MR) is 98.6 cm³/mol. The number of hydrogen-bond acceptors (Lipinski definition) is 5. The second kappa shape index (κ2) is 6.40. The van der Waals surface area contributed by atoms with Gasteiger partial charge in [0.25, 0.3) is 10.0 Å². The molecular formula is C18H21N3O3S. The standard InChI is InChI=1S/C18H21N3O3S/c1-18(13-19-21(2)3)12-14-11-15(9-10-17(14)24-18)20-25(22,23)16-7-5-4-6-8-16/h4-11,13,20H,12H2,1-3H3/b19-13+. The van der Waals surface area contributed by atoms with Gasteiger partial charge >= 0.3 is 0 Å². The fraction of sp³-hybridized carbons (Fsp3) is 0.278. The van der Waals surface area contributed by atoms with Gasteiger partial charge in [0.05, 0.1) is 11.1 Å². The molecule has 0 saturated heterocycles. The third-order valence-electron chi connectivity index (χ3n) is 3.81. The molecule has 6 nitrogen and oxygen atoms in total. The summed E-state index contributed by atoms with van der Waals surface area (Å²) < 4.78 is 33.5. The van der Waals surface area contributed by atoms with Crippen LogP contribution in [0.3, 0.4) is 0 Å². The summed E-state index contributed by atoms with van der Waals surface area (Å²) in [7, 11) is 0.0865. The highest BCUT2D eigenvalue weighted by molar-refractivity contribution is 7.92. The molecule has 0 aliphatic carbocycles. The first-order valence-electron chi connectivity index (χ1n) is 7.90. The van der Waals surface area contributed by atoms with Gasteiger partial charge in [0.15, 0.2) is 0 Å². The van der Waals surface area contributed by atoms with Gasteiger partial charge < -0.3 is 9.75 Å². The Balaban J connectivity index is 1.81. The van der Waals surface area contributed by atoms with Crippen LogP contribution >= 0.6 is 0 Å². The van der Waals surface area contributed by atoms with Crippen molar-refractivity contribution in [3.05, 3.63) is 54.1 Å². The van der Waals surface area contributed by atoms with Crippen molar-refractivity contribution in [1.82, 2.24) is 5.01 Å². The first-order chi connectivity index (χ1) is 11.8. The molecule has 2 aromatic rings. The van der Waals surface area contributed by atoms with Crippen LogP contribution in [0.1, 0.15) is 12.5 Å². The van der Waals surface area contributed by atoms with E-state index in [9.17, 15) is 8.42 Å². The Labute approximate surface area is 148 Å². The minimum atomic E-state index is -3.60. The maximum atomic E-state index is 12.4. The number of hydrogen-bond donors (Lipinski definition) is 1. The van der Waals surface area contributed by atoms with E-state index in [-0.39, 0.29) is 4.90 Å². The molecule has 132 valence electrons. The number of anilines is 1. The van der Waals surface area contributed by atoms with E-state index in [4.69, 9.17) is 4.74 Å². The maximum absolute atomic E-state index is 12.4. The third kappa shape index (κ3) is 3.93. The highest BCUT2D eigenvalue weighted by Crippen LogP contribution is 2.36. The fourth-order valence-electron chi connectivity index (χ4n) is 2.67. The second-order valence-electron chi connectivity index (χ2n) is 6.42. The summed E-state index contributed by atoms with van der Waals surface area (Å²) in [6.45, 7) is 1.95. The van der Waals surface area contributed by atoms with Gasteiger partial charge in [-0.3, -0.25) is 4.72 Å². The van der Waals surface area contributed by atoms with Crippen molar-refractivity contribution in [3.63, 3.8) is 0 Å². The molecule has 25 heavy (non-hydrogen) atoms. The van der Waals surface area contributed by atoms with Gasteiger partial charge in [-0.25, -0.2) is 8.42 Å². The molecule has 2 aromatic carbocycles. The van der Waals surface area contributed by atoms with E-state index in [1.165, 1.54) is 0 Å². The molecule has 0 fully saturated rings. The van der Waals surface area contributed by atoms with Gasteiger partial charge in [-0.2, -0.15) is 5.10 Å². The number of hydrazone groups is 1.